The zero-order chi connectivity index (χ0) is 9.14. The van der Waals surface area contributed by atoms with Gasteiger partial charge in [-0.15, -0.1) is 0 Å². The molecule has 1 fully saturated rings. The standard InChI is InChI=1S/C10H18O2/c1-7(2)9-4-5-10(6-9)12-8(3)11/h7,9-10H,4-6H2,1-3H3/t9-,10+/m0/s1. The van der Waals surface area contributed by atoms with Crippen LogP contribution in [0.2, 0.25) is 0 Å². The molecule has 0 aromatic carbocycles. The first-order valence-electron chi connectivity index (χ1n) is 4.76. The second-order valence-corrected chi connectivity index (χ2v) is 4.05. The van der Waals surface area contributed by atoms with Crippen LogP contribution in [0.5, 0.6) is 0 Å². The molecule has 0 radical (unpaired) electrons. The topological polar surface area (TPSA) is 26.3 Å². The van der Waals surface area contributed by atoms with Gasteiger partial charge in [-0.05, 0) is 31.1 Å². The van der Waals surface area contributed by atoms with Gasteiger partial charge in [0.2, 0.25) is 0 Å². The minimum Gasteiger partial charge on any atom is -0.463 e. The van der Waals surface area contributed by atoms with Crippen molar-refractivity contribution in [3.05, 3.63) is 0 Å². The highest BCUT2D eigenvalue weighted by molar-refractivity contribution is 5.66. The molecular formula is C10H18O2. The fourth-order valence-electron chi connectivity index (χ4n) is 1.92. The maximum absolute atomic E-state index is 10.7. The van der Waals surface area contributed by atoms with E-state index in [9.17, 15) is 4.79 Å². The maximum atomic E-state index is 10.7. The molecule has 12 heavy (non-hydrogen) atoms. The second-order valence-electron chi connectivity index (χ2n) is 4.05. The first-order chi connectivity index (χ1) is 5.59. The van der Waals surface area contributed by atoms with Gasteiger partial charge in [0.05, 0.1) is 0 Å². The number of esters is 1. The van der Waals surface area contributed by atoms with E-state index in [4.69, 9.17) is 4.74 Å². The summed E-state index contributed by atoms with van der Waals surface area (Å²) >= 11 is 0. The fourth-order valence-corrected chi connectivity index (χ4v) is 1.92. The average Bonchev–Trinajstić information content (AvgIpc) is 2.34. The van der Waals surface area contributed by atoms with Crippen LogP contribution in [0.15, 0.2) is 0 Å². The lowest BCUT2D eigenvalue weighted by atomic mass is 9.95. The molecule has 1 saturated carbocycles. The summed E-state index contributed by atoms with van der Waals surface area (Å²) in [6.45, 7) is 5.96. The van der Waals surface area contributed by atoms with Crippen molar-refractivity contribution in [1.29, 1.82) is 0 Å². The van der Waals surface area contributed by atoms with Gasteiger partial charge in [-0.1, -0.05) is 13.8 Å². The molecule has 0 unspecified atom stereocenters. The van der Waals surface area contributed by atoms with Gasteiger partial charge in [-0.2, -0.15) is 0 Å². The van der Waals surface area contributed by atoms with Gasteiger partial charge in [0.15, 0.2) is 0 Å². The van der Waals surface area contributed by atoms with Crippen molar-refractivity contribution >= 4 is 5.97 Å². The molecule has 0 spiro atoms. The van der Waals surface area contributed by atoms with Crippen molar-refractivity contribution in [2.24, 2.45) is 11.8 Å². The van der Waals surface area contributed by atoms with Crippen LogP contribution >= 0.6 is 0 Å². The first kappa shape index (κ1) is 9.56. The Hall–Kier alpha value is -0.530. The largest absolute Gasteiger partial charge is 0.463 e. The van der Waals surface area contributed by atoms with Gasteiger partial charge in [0.25, 0.3) is 0 Å². The lowest BCUT2D eigenvalue weighted by molar-refractivity contribution is -0.146. The maximum Gasteiger partial charge on any atom is 0.302 e. The van der Waals surface area contributed by atoms with Crippen LogP contribution in [-0.4, -0.2) is 12.1 Å². The van der Waals surface area contributed by atoms with E-state index >= 15 is 0 Å². The zero-order valence-corrected chi connectivity index (χ0v) is 8.17. The molecule has 1 aliphatic rings. The van der Waals surface area contributed by atoms with Crippen molar-refractivity contribution in [1.82, 2.24) is 0 Å². The van der Waals surface area contributed by atoms with E-state index in [2.05, 4.69) is 13.8 Å². The van der Waals surface area contributed by atoms with Crippen LogP contribution in [0.4, 0.5) is 0 Å². The van der Waals surface area contributed by atoms with Gasteiger partial charge in [0.1, 0.15) is 6.10 Å². The van der Waals surface area contributed by atoms with Gasteiger partial charge < -0.3 is 4.74 Å². The monoisotopic (exact) mass is 170 g/mol. The Morgan fingerprint density at radius 3 is 2.50 bits per heavy atom. The number of ether oxygens (including phenoxy) is 1. The van der Waals surface area contributed by atoms with E-state index in [0.717, 1.165) is 24.7 Å². The number of hydrogen-bond donors (Lipinski definition) is 0. The number of hydrogen-bond acceptors (Lipinski definition) is 2. The molecule has 2 atom stereocenters. The van der Waals surface area contributed by atoms with Crippen molar-refractivity contribution in [3.8, 4) is 0 Å². The van der Waals surface area contributed by atoms with Crippen molar-refractivity contribution in [2.75, 3.05) is 0 Å². The van der Waals surface area contributed by atoms with E-state index < -0.39 is 0 Å². The second kappa shape index (κ2) is 3.92. The summed E-state index contributed by atoms with van der Waals surface area (Å²) in [6.07, 6.45) is 3.55. The first-order valence-corrected chi connectivity index (χ1v) is 4.76. The Morgan fingerprint density at radius 2 is 2.08 bits per heavy atom. The summed E-state index contributed by atoms with van der Waals surface area (Å²) in [6, 6.07) is 0. The fraction of sp³-hybridized carbons (Fsp3) is 0.900. The highest BCUT2D eigenvalue weighted by Gasteiger charge is 2.28. The minimum absolute atomic E-state index is 0.135. The molecule has 1 aliphatic carbocycles. The smallest absolute Gasteiger partial charge is 0.302 e. The van der Waals surface area contributed by atoms with Crippen LogP contribution in [0, 0.1) is 11.8 Å². The predicted molar refractivity (Wildman–Crippen MR) is 47.7 cm³/mol. The molecule has 0 aromatic rings. The number of rotatable bonds is 2. The Labute approximate surface area is 74.3 Å². The highest BCUT2D eigenvalue weighted by Crippen LogP contribution is 2.32. The molecule has 0 aliphatic heterocycles. The molecule has 0 aromatic heterocycles. The summed E-state index contributed by atoms with van der Waals surface area (Å²) < 4.78 is 5.15. The quantitative estimate of drug-likeness (QED) is 0.595. The third-order valence-electron chi connectivity index (χ3n) is 2.70. The molecular weight excluding hydrogens is 152 g/mol. The van der Waals surface area contributed by atoms with Crippen molar-refractivity contribution < 1.29 is 9.53 Å². The lowest BCUT2D eigenvalue weighted by Crippen LogP contribution is -2.13. The van der Waals surface area contributed by atoms with Gasteiger partial charge in [0, 0.05) is 6.92 Å². The third-order valence-corrected chi connectivity index (χ3v) is 2.70. The molecule has 0 saturated heterocycles. The SMILES string of the molecule is CC(=O)O[C@@H]1CC[C@H](C(C)C)C1. The summed E-state index contributed by atoms with van der Waals surface area (Å²) in [4.78, 5) is 10.7. The zero-order valence-electron chi connectivity index (χ0n) is 8.17. The molecule has 0 N–H and O–H groups in total. The van der Waals surface area contributed by atoms with Crippen LogP contribution in [0.1, 0.15) is 40.0 Å². The Morgan fingerprint density at radius 1 is 1.42 bits per heavy atom. The Balaban J connectivity index is 2.30. The summed E-state index contributed by atoms with van der Waals surface area (Å²) in [5.41, 5.74) is 0. The molecule has 2 nitrogen and oxygen atoms in total. The Kier molecular flexibility index (Phi) is 3.12. The normalized spacial score (nSPS) is 29.3. The van der Waals surface area contributed by atoms with Crippen LogP contribution < -0.4 is 0 Å². The van der Waals surface area contributed by atoms with Crippen LogP contribution in [-0.2, 0) is 9.53 Å². The minimum atomic E-state index is -0.135. The Bertz CT molecular complexity index is 163. The highest BCUT2D eigenvalue weighted by atomic mass is 16.5. The summed E-state index contributed by atoms with van der Waals surface area (Å²) in [5.74, 6) is 1.35. The van der Waals surface area contributed by atoms with E-state index in [-0.39, 0.29) is 12.1 Å². The van der Waals surface area contributed by atoms with E-state index in [0.29, 0.717) is 0 Å². The van der Waals surface area contributed by atoms with E-state index in [1.807, 2.05) is 0 Å². The van der Waals surface area contributed by atoms with Crippen LogP contribution in [0.25, 0.3) is 0 Å². The predicted octanol–water partition coefficient (Wildman–Crippen LogP) is 2.37. The number of carbonyl (C=O) groups is 1. The molecule has 0 heterocycles. The summed E-state index contributed by atoms with van der Waals surface area (Å²) in [5, 5.41) is 0. The van der Waals surface area contributed by atoms with Crippen molar-refractivity contribution in [2.45, 2.75) is 46.1 Å². The molecule has 0 amide bonds. The van der Waals surface area contributed by atoms with Gasteiger partial charge in [-0.25, -0.2) is 0 Å². The summed E-state index contributed by atoms with van der Waals surface area (Å²) in [7, 11) is 0. The van der Waals surface area contributed by atoms with Gasteiger partial charge >= 0.3 is 5.97 Å². The van der Waals surface area contributed by atoms with E-state index in [1.54, 1.807) is 0 Å². The van der Waals surface area contributed by atoms with E-state index in [1.165, 1.54) is 13.3 Å². The van der Waals surface area contributed by atoms with Crippen LogP contribution in [0.3, 0.4) is 0 Å². The molecule has 1 rings (SSSR count). The third kappa shape index (κ3) is 2.50. The number of carbonyl (C=O) groups excluding carboxylic acids is 1. The molecule has 2 heteroatoms. The molecule has 0 bridgehead atoms. The van der Waals surface area contributed by atoms with Gasteiger partial charge in [-0.3, -0.25) is 4.79 Å². The molecule has 70 valence electrons. The van der Waals surface area contributed by atoms with Crippen molar-refractivity contribution in [3.63, 3.8) is 0 Å². The average molecular weight is 170 g/mol. The lowest BCUT2D eigenvalue weighted by Gasteiger charge is -2.14.